The minimum Gasteiger partial charge on any atom is -0.384 e. The van der Waals surface area contributed by atoms with E-state index in [1.165, 1.54) is 11.3 Å². The first-order valence-electron chi connectivity index (χ1n) is 7.99. The fourth-order valence-electron chi connectivity index (χ4n) is 2.79. The van der Waals surface area contributed by atoms with Crippen LogP contribution in [0.25, 0.3) is 39.4 Å². The zero-order valence-corrected chi connectivity index (χ0v) is 14.5. The first-order valence-corrected chi connectivity index (χ1v) is 8.94. The van der Waals surface area contributed by atoms with Crippen molar-refractivity contribution >= 4 is 39.3 Å². The maximum Gasteiger partial charge on any atom is 0.276 e. The Balaban J connectivity index is 1.71. The van der Waals surface area contributed by atoms with Crippen molar-refractivity contribution in [1.29, 1.82) is 0 Å². The van der Waals surface area contributed by atoms with Gasteiger partial charge >= 0.3 is 0 Å². The van der Waals surface area contributed by atoms with Crippen molar-refractivity contribution in [3.05, 3.63) is 57.0 Å². The molecule has 6 heteroatoms. The minimum absolute atomic E-state index is 0.183. The molecule has 25 heavy (non-hydrogen) atoms. The summed E-state index contributed by atoms with van der Waals surface area (Å²) in [6.07, 6.45) is 5.05. The lowest BCUT2D eigenvalue weighted by atomic mass is 10.1. The quantitative estimate of drug-likeness (QED) is 0.530. The van der Waals surface area contributed by atoms with Crippen molar-refractivity contribution in [2.75, 3.05) is 13.7 Å². The average Bonchev–Trinajstić information content (AvgIpc) is 3.23. The Morgan fingerprint density at radius 1 is 1.20 bits per heavy atom. The lowest BCUT2D eigenvalue weighted by Gasteiger charge is -1.96. The number of aromatic nitrogens is 3. The predicted octanol–water partition coefficient (Wildman–Crippen LogP) is 4.18. The van der Waals surface area contributed by atoms with Crippen molar-refractivity contribution < 1.29 is 4.74 Å². The van der Waals surface area contributed by atoms with E-state index in [0.29, 0.717) is 12.3 Å². The molecule has 0 bridgehead atoms. The van der Waals surface area contributed by atoms with Crippen LogP contribution in [0, 0.1) is 0 Å². The van der Waals surface area contributed by atoms with Gasteiger partial charge in [0.2, 0.25) is 0 Å². The first-order chi connectivity index (χ1) is 12.2. The fraction of sp³-hybridized carbons (Fsp3) is 0.158. The molecule has 0 radical (unpaired) electrons. The van der Waals surface area contributed by atoms with E-state index in [1.807, 2.05) is 29.0 Å². The monoisotopic (exact) mass is 351 g/mol. The number of rotatable bonds is 5. The van der Waals surface area contributed by atoms with Crippen LogP contribution in [0.3, 0.4) is 0 Å². The number of aromatic amines is 2. The Labute approximate surface area is 148 Å². The van der Waals surface area contributed by atoms with E-state index in [-0.39, 0.29) is 5.56 Å². The maximum atomic E-state index is 12.3. The van der Waals surface area contributed by atoms with Gasteiger partial charge in [-0.25, -0.2) is 4.98 Å². The minimum atomic E-state index is -0.183. The lowest BCUT2D eigenvalue weighted by molar-refractivity contribution is 0.204. The second kappa shape index (κ2) is 6.66. The Hall–Kier alpha value is -2.70. The van der Waals surface area contributed by atoms with Gasteiger partial charge in [0.05, 0.1) is 16.7 Å². The van der Waals surface area contributed by atoms with Gasteiger partial charge in [-0.3, -0.25) is 4.79 Å². The molecule has 0 fully saturated rings. The largest absolute Gasteiger partial charge is 0.384 e. The highest BCUT2D eigenvalue weighted by Gasteiger charge is 2.11. The zero-order chi connectivity index (χ0) is 17.2. The van der Waals surface area contributed by atoms with Crippen LogP contribution in [0.15, 0.2) is 45.9 Å². The molecule has 0 spiro atoms. The van der Waals surface area contributed by atoms with Gasteiger partial charge in [-0.15, -0.1) is 11.3 Å². The maximum absolute atomic E-state index is 12.3. The van der Waals surface area contributed by atoms with E-state index in [2.05, 4.69) is 33.2 Å². The molecule has 0 aliphatic rings. The number of methoxy groups -OCH3 is 1. The van der Waals surface area contributed by atoms with E-state index >= 15 is 0 Å². The second-order valence-corrected chi connectivity index (χ2v) is 6.54. The molecule has 0 saturated carbocycles. The molecule has 3 heterocycles. The summed E-state index contributed by atoms with van der Waals surface area (Å²) in [6.45, 7) is 0.715. The van der Waals surface area contributed by atoms with E-state index < -0.39 is 0 Å². The van der Waals surface area contributed by atoms with Crippen molar-refractivity contribution in [3.63, 3.8) is 0 Å². The number of nitrogens with zero attached hydrogens (tertiary/aromatic N) is 1. The first kappa shape index (κ1) is 15.8. The Morgan fingerprint density at radius 2 is 2.12 bits per heavy atom. The number of hydrogen-bond acceptors (Lipinski definition) is 4. The molecule has 4 rings (SSSR count). The lowest BCUT2D eigenvalue weighted by Crippen LogP contribution is -2.10. The highest BCUT2D eigenvalue weighted by Crippen LogP contribution is 2.24. The van der Waals surface area contributed by atoms with Gasteiger partial charge in [-0.05, 0) is 30.2 Å². The summed E-state index contributed by atoms with van der Waals surface area (Å²) in [5, 5.41) is 4.87. The Morgan fingerprint density at radius 3 is 3.00 bits per heavy atom. The van der Waals surface area contributed by atoms with Gasteiger partial charge in [0.1, 0.15) is 0 Å². The Kier molecular flexibility index (Phi) is 4.21. The van der Waals surface area contributed by atoms with Crippen LogP contribution in [0.5, 0.6) is 0 Å². The molecule has 0 aliphatic heterocycles. The average molecular weight is 351 g/mol. The molecule has 0 amide bonds. The van der Waals surface area contributed by atoms with Crippen LogP contribution >= 0.6 is 11.3 Å². The predicted molar refractivity (Wildman–Crippen MR) is 103 cm³/mol. The third-order valence-corrected chi connectivity index (χ3v) is 4.77. The Bertz CT molecular complexity index is 1120. The van der Waals surface area contributed by atoms with Crippen LogP contribution < -0.4 is 5.56 Å². The number of benzene rings is 1. The summed E-state index contributed by atoms with van der Waals surface area (Å²) in [6, 6.07) is 8.13. The molecule has 3 aromatic heterocycles. The number of nitrogens with one attached hydrogen (secondary N) is 2. The van der Waals surface area contributed by atoms with Crippen molar-refractivity contribution in [3.8, 4) is 11.4 Å². The highest BCUT2D eigenvalue weighted by molar-refractivity contribution is 7.09. The second-order valence-electron chi connectivity index (χ2n) is 5.80. The summed E-state index contributed by atoms with van der Waals surface area (Å²) in [5.41, 5.74) is 4.64. The van der Waals surface area contributed by atoms with Crippen molar-refractivity contribution in [2.24, 2.45) is 0 Å². The number of H-pyrrole nitrogens is 2. The smallest absolute Gasteiger partial charge is 0.276 e. The van der Waals surface area contributed by atoms with Gasteiger partial charge in [-0.1, -0.05) is 18.2 Å². The van der Waals surface area contributed by atoms with Gasteiger partial charge in [0.15, 0.2) is 5.69 Å². The molecule has 0 saturated heterocycles. The molecule has 126 valence electrons. The van der Waals surface area contributed by atoms with Crippen LogP contribution in [0.4, 0.5) is 0 Å². The topological polar surface area (TPSA) is 70.8 Å². The summed E-state index contributed by atoms with van der Waals surface area (Å²) in [4.78, 5) is 23.0. The third kappa shape index (κ3) is 3.14. The van der Waals surface area contributed by atoms with Gasteiger partial charge in [-0.2, -0.15) is 0 Å². The number of ether oxygens (including phenoxy) is 1. The molecule has 2 N–H and O–H groups in total. The van der Waals surface area contributed by atoms with Crippen LogP contribution in [0.2, 0.25) is 0 Å². The van der Waals surface area contributed by atoms with E-state index in [4.69, 9.17) is 4.74 Å². The normalized spacial score (nSPS) is 11.9. The third-order valence-electron chi connectivity index (χ3n) is 4.04. The summed E-state index contributed by atoms with van der Waals surface area (Å²) < 4.78 is 5.04. The number of fused-ring (bicyclic) bond motifs is 2. The zero-order valence-electron chi connectivity index (χ0n) is 13.7. The summed E-state index contributed by atoms with van der Waals surface area (Å²) in [7, 11) is 1.70. The van der Waals surface area contributed by atoms with Crippen LogP contribution in [-0.4, -0.2) is 28.7 Å². The van der Waals surface area contributed by atoms with E-state index in [1.54, 1.807) is 7.11 Å². The number of hydrogen-bond donors (Lipinski definition) is 2. The molecule has 5 nitrogen and oxygen atoms in total. The van der Waals surface area contributed by atoms with E-state index in [0.717, 1.165) is 39.6 Å². The van der Waals surface area contributed by atoms with Crippen molar-refractivity contribution in [2.45, 2.75) is 6.42 Å². The molecular weight excluding hydrogens is 334 g/mol. The summed E-state index contributed by atoms with van der Waals surface area (Å²) >= 11 is 1.52. The molecule has 0 aliphatic carbocycles. The molecule has 0 atom stereocenters. The van der Waals surface area contributed by atoms with Gasteiger partial charge in [0.25, 0.3) is 5.56 Å². The molecule has 4 aromatic rings. The van der Waals surface area contributed by atoms with Gasteiger partial charge in [0, 0.05) is 35.4 Å². The van der Waals surface area contributed by atoms with Crippen LogP contribution in [-0.2, 0) is 4.74 Å². The SMILES string of the molecule is COCCC=Cc1ccc2[nH]c(-c3nc4cscc4[nH]c3=O)cc2c1. The van der Waals surface area contributed by atoms with Gasteiger partial charge < -0.3 is 14.7 Å². The fourth-order valence-corrected chi connectivity index (χ4v) is 3.49. The van der Waals surface area contributed by atoms with Crippen molar-refractivity contribution in [1.82, 2.24) is 15.0 Å². The van der Waals surface area contributed by atoms with Crippen LogP contribution in [0.1, 0.15) is 12.0 Å². The van der Waals surface area contributed by atoms with E-state index in [9.17, 15) is 4.79 Å². The number of thiophene rings is 1. The summed E-state index contributed by atoms with van der Waals surface area (Å²) in [5.74, 6) is 0. The standard InChI is InChI=1S/C19H17N3O2S/c1-24-7-3-2-4-12-5-6-14-13(8-12)9-15(20-14)18-19(23)22-17-11-25-10-16(17)21-18/h2,4-6,8-11,20H,3,7H2,1H3,(H,22,23). The highest BCUT2D eigenvalue weighted by atomic mass is 32.1. The molecule has 0 unspecified atom stereocenters. The molecule has 1 aromatic carbocycles. The molecular formula is C19H17N3O2S.